The maximum Gasteiger partial charge on any atom is 0.242 e. The molecule has 0 saturated carbocycles. The fourth-order valence-corrected chi connectivity index (χ4v) is 7.80. The maximum absolute atomic E-state index is 13.3. The van der Waals surface area contributed by atoms with E-state index in [2.05, 4.69) is 21.6 Å². The number of phenolic OH excluding ortho intramolecular Hbond substituents is 2. The minimum atomic E-state index is -0.919. The van der Waals surface area contributed by atoms with Crippen LogP contribution in [0.15, 0.2) is 6.07 Å². The second-order valence-corrected chi connectivity index (χ2v) is 13.3. The summed E-state index contributed by atoms with van der Waals surface area (Å²) in [5.74, 6) is 0.959. The summed E-state index contributed by atoms with van der Waals surface area (Å²) in [5, 5.41) is 40.8. The molecule has 4 aliphatic rings. The Morgan fingerprint density at radius 3 is 2.38 bits per heavy atom. The molecular weight excluding hydrogens is 791 g/mol. The predicted octanol–water partition coefficient (Wildman–Crippen LogP) is 2.62. The summed E-state index contributed by atoms with van der Waals surface area (Å²) in [4.78, 5) is 29.8. The van der Waals surface area contributed by atoms with Crippen LogP contribution in [0.5, 0.6) is 23.0 Å². The van der Waals surface area contributed by atoms with E-state index in [9.17, 15) is 24.9 Å². The normalized spacial score (nSPS) is 25.5. The number of nitrogens with one attached hydrogen (secondary N) is 2. The molecule has 6 atom stereocenters. The van der Waals surface area contributed by atoms with Gasteiger partial charge >= 0.3 is 0 Å². The first-order valence-corrected chi connectivity index (χ1v) is 15.5. The van der Waals surface area contributed by atoms with Gasteiger partial charge < -0.3 is 35.4 Å². The minimum Gasteiger partial charge on any atom is -0.507 e. The quantitative estimate of drug-likeness (QED) is 0.297. The number of nitrogens with zero attached hydrogens (tertiary/aromatic N) is 2. The largest absolute Gasteiger partial charge is 0.507 e. The first-order chi connectivity index (χ1) is 20.8. The smallest absolute Gasteiger partial charge is 0.242 e. The van der Waals surface area contributed by atoms with E-state index in [4.69, 9.17) is 9.47 Å². The van der Waals surface area contributed by atoms with Crippen LogP contribution in [-0.2, 0) is 22.4 Å². The van der Waals surface area contributed by atoms with Gasteiger partial charge in [0, 0.05) is 85.3 Å². The van der Waals surface area contributed by atoms with Crippen molar-refractivity contribution in [1.82, 2.24) is 20.4 Å². The van der Waals surface area contributed by atoms with Crippen molar-refractivity contribution in [2.45, 2.75) is 97.2 Å². The van der Waals surface area contributed by atoms with Crippen molar-refractivity contribution in [3.8, 4) is 23.0 Å². The number of carbonyl (C=O) groups is 2. The van der Waals surface area contributed by atoms with Crippen molar-refractivity contribution < 1.29 is 78.4 Å². The SMILES string of the molecule is Cc1cc2c(c(O)c1C)[C@@H]1C3Cc4c(O)c(C)c5c(c4[C@H](CNC(=O)[C@@H](C)NC(=O)CC(C)C)N3[C@@H](O)[C@H](C2)N1C)OCO5.[Ac]. The number of phenols is 2. The van der Waals surface area contributed by atoms with Crippen LogP contribution >= 0.6 is 0 Å². The molecule has 0 aromatic heterocycles. The van der Waals surface area contributed by atoms with Gasteiger partial charge in [-0.1, -0.05) is 19.9 Å². The molecule has 1 fully saturated rings. The molecule has 4 heterocycles. The number of aryl methyl sites for hydroxylation is 1. The maximum atomic E-state index is 13.3. The molecule has 241 valence electrons. The molecule has 1 unspecified atom stereocenters. The average molecular weight is 836 g/mol. The van der Waals surface area contributed by atoms with E-state index in [0.717, 1.165) is 22.3 Å². The number of amides is 2. The Hall–Kier alpha value is -2.10. The van der Waals surface area contributed by atoms with E-state index >= 15 is 0 Å². The third-order valence-electron chi connectivity index (χ3n) is 10.1. The van der Waals surface area contributed by atoms with Crippen molar-refractivity contribution in [2.75, 3.05) is 20.4 Å². The topological polar surface area (TPSA) is 144 Å². The summed E-state index contributed by atoms with van der Waals surface area (Å²) in [6, 6.07) is -0.133. The Bertz CT molecular complexity index is 1530. The predicted molar refractivity (Wildman–Crippen MR) is 163 cm³/mol. The second kappa shape index (κ2) is 12.8. The number of hydrogen-bond donors (Lipinski definition) is 5. The van der Waals surface area contributed by atoms with Gasteiger partial charge in [0.2, 0.25) is 18.6 Å². The van der Waals surface area contributed by atoms with E-state index in [0.29, 0.717) is 47.5 Å². The molecule has 1 radical (unpaired) electrons. The van der Waals surface area contributed by atoms with Crippen LogP contribution in [0.25, 0.3) is 0 Å². The second-order valence-electron chi connectivity index (χ2n) is 13.3. The van der Waals surface area contributed by atoms with E-state index in [1.165, 1.54) is 0 Å². The van der Waals surface area contributed by atoms with Crippen molar-refractivity contribution in [3.05, 3.63) is 45.0 Å². The van der Waals surface area contributed by atoms with Crippen molar-refractivity contribution in [2.24, 2.45) is 5.92 Å². The van der Waals surface area contributed by atoms with Crippen LogP contribution in [0.3, 0.4) is 0 Å². The molecule has 12 heteroatoms. The Morgan fingerprint density at radius 2 is 1.69 bits per heavy atom. The van der Waals surface area contributed by atoms with Crippen molar-refractivity contribution >= 4 is 11.8 Å². The Labute approximate surface area is 300 Å². The number of rotatable bonds is 6. The molecule has 6 rings (SSSR count). The van der Waals surface area contributed by atoms with E-state index in [1.807, 2.05) is 39.6 Å². The Balaban J connectivity index is 0.00000400. The van der Waals surface area contributed by atoms with Gasteiger partial charge in [-0.2, -0.15) is 0 Å². The molecule has 45 heavy (non-hydrogen) atoms. The Kier molecular flexibility index (Phi) is 9.77. The third-order valence-corrected chi connectivity index (χ3v) is 10.1. The number of benzene rings is 2. The number of ether oxygens (including phenoxy) is 2. The summed E-state index contributed by atoms with van der Waals surface area (Å²) in [6.07, 6.45) is 0.331. The average Bonchev–Trinajstić information content (AvgIpc) is 3.45. The zero-order chi connectivity index (χ0) is 31.8. The zero-order valence-corrected chi connectivity index (χ0v) is 31.8. The first-order valence-electron chi connectivity index (χ1n) is 15.5. The molecular formula is C33H44AcN4O7. The number of aliphatic hydroxyl groups is 1. The molecule has 0 aliphatic carbocycles. The molecule has 2 aromatic rings. The van der Waals surface area contributed by atoms with E-state index in [-0.39, 0.29) is 105 Å². The summed E-state index contributed by atoms with van der Waals surface area (Å²) < 4.78 is 11.7. The van der Waals surface area contributed by atoms with Gasteiger partial charge in [0.1, 0.15) is 23.8 Å². The number of hydrogen-bond acceptors (Lipinski definition) is 9. The number of carbonyl (C=O) groups excluding carboxylic acids is 2. The molecule has 0 spiro atoms. The first kappa shape index (κ1) is 34.2. The molecule has 4 aliphatic heterocycles. The molecule has 2 aromatic carbocycles. The molecule has 11 nitrogen and oxygen atoms in total. The van der Waals surface area contributed by atoms with Crippen LogP contribution in [0, 0.1) is 70.8 Å². The van der Waals surface area contributed by atoms with Crippen LogP contribution in [-0.4, -0.2) is 81.7 Å². The summed E-state index contributed by atoms with van der Waals surface area (Å²) in [7, 11) is 1.98. The Morgan fingerprint density at radius 1 is 1.00 bits per heavy atom. The van der Waals surface area contributed by atoms with Crippen molar-refractivity contribution in [1.29, 1.82) is 0 Å². The number of likely N-dealkylation sites (N-methyl/N-ethyl adjacent to an activating group) is 1. The monoisotopic (exact) mass is 835 g/mol. The van der Waals surface area contributed by atoms with Gasteiger partial charge in [0.15, 0.2) is 11.5 Å². The van der Waals surface area contributed by atoms with Crippen LogP contribution < -0.4 is 20.1 Å². The number of fused-ring (bicyclic) bond motifs is 9. The zero-order valence-electron chi connectivity index (χ0n) is 27.1. The summed E-state index contributed by atoms with van der Waals surface area (Å²) in [5.41, 5.74) is 5.63. The minimum absolute atomic E-state index is 0. The molecule has 2 bridgehead atoms. The third kappa shape index (κ3) is 5.63. The van der Waals surface area contributed by atoms with Gasteiger partial charge in [-0.25, -0.2) is 0 Å². The standard InChI is InChI=1S/C33H44N4O7.Ac/c1-14(2)8-24(38)35-18(6)32(41)34-12-23-26-20(28(39)17(5)30-31(26)44-13-43-30)11-21-27-25-19(9-15(3)16(4)29(25)40)10-22(36(27)7)33(42)37(21)23;/h9,14,18,21-23,27,33,39-40,42H,8,10-13H2,1-7H3,(H,34,41)(H,35,38);/t18-,21?,22+,23+,27+,33+;/m1./s1. The summed E-state index contributed by atoms with van der Waals surface area (Å²) in [6.45, 7) is 11.3. The molecule has 5 N–H and O–H groups in total. The molecule has 1 saturated heterocycles. The number of piperazine rings is 1. The van der Waals surface area contributed by atoms with Gasteiger partial charge in [0.25, 0.3) is 0 Å². The van der Waals surface area contributed by atoms with Crippen molar-refractivity contribution in [3.63, 3.8) is 0 Å². The molecule has 2 amide bonds. The van der Waals surface area contributed by atoms with Gasteiger partial charge in [-0.05, 0) is 70.2 Å². The van der Waals surface area contributed by atoms with Crippen LogP contribution in [0.1, 0.15) is 78.2 Å². The fourth-order valence-electron chi connectivity index (χ4n) is 7.80. The fraction of sp³-hybridized carbons (Fsp3) is 0.576. The summed E-state index contributed by atoms with van der Waals surface area (Å²) >= 11 is 0. The van der Waals surface area contributed by atoms with Crippen LogP contribution in [0.4, 0.5) is 0 Å². The van der Waals surface area contributed by atoms with E-state index < -0.39 is 18.3 Å². The van der Waals surface area contributed by atoms with Crippen LogP contribution in [0.2, 0.25) is 0 Å². The number of aliphatic hydroxyl groups excluding tert-OH is 1. The van der Waals surface area contributed by atoms with E-state index in [1.54, 1.807) is 13.8 Å². The van der Waals surface area contributed by atoms with Gasteiger partial charge in [0.05, 0.1) is 18.1 Å². The van der Waals surface area contributed by atoms with Gasteiger partial charge in [-0.3, -0.25) is 19.4 Å². The van der Waals surface area contributed by atoms with Gasteiger partial charge in [-0.15, -0.1) is 0 Å². The number of aromatic hydroxyl groups is 2.